The van der Waals surface area contributed by atoms with Crippen LogP contribution >= 0.6 is 0 Å². The summed E-state index contributed by atoms with van der Waals surface area (Å²) in [6, 6.07) is 0. The predicted molar refractivity (Wildman–Crippen MR) is 64.6 cm³/mol. The lowest BCUT2D eigenvalue weighted by atomic mass is 10.1. The number of hydrogen-bond donors (Lipinski definition) is 2. The van der Waals surface area contributed by atoms with Gasteiger partial charge in [0.25, 0.3) is 0 Å². The Balaban J connectivity index is 3.65. The van der Waals surface area contributed by atoms with Crippen LogP contribution in [0.4, 0.5) is 0 Å². The van der Waals surface area contributed by atoms with E-state index in [-0.39, 0.29) is 0 Å². The molecule has 0 rings (SSSR count). The molecule has 0 bridgehead atoms. The van der Waals surface area contributed by atoms with Gasteiger partial charge in [0.05, 0.1) is 0 Å². The zero-order chi connectivity index (χ0) is 11.4. The monoisotopic (exact) mass is 208 g/mol. The maximum absolute atomic E-state index is 9.91. The summed E-state index contributed by atoms with van der Waals surface area (Å²) < 4.78 is 0. The molecule has 0 aliphatic rings. The summed E-state index contributed by atoms with van der Waals surface area (Å²) in [6.07, 6.45) is 12.9. The van der Waals surface area contributed by atoms with Crippen molar-refractivity contribution in [1.29, 1.82) is 0 Å². The summed E-state index contributed by atoms with van der Waals surface area (Å²) in [5, 5.41) is 5.60. The third-order valence-corrected chi connectivity index (χ3v) is 1.74. The zero-order valence-electron chi connectivity index (χ0n) is 9.44. The Morgan fingerprint density at radius 1 is 1.13 bits per heavy atom. The van der Waals surface area contributed by atoms with E-state index in [1.165, 1.54) is 0 Å². The van der Waals surface area contributed by atoms with Crippen LogP contribution in [0.3, 0.4) is 0 Å². The van der Waals surface area contributed by atoms with Crippen molar-refractivity contribution in [2.24, 2.45) is 5.92 Å². The predicted octanol–water partition coefficient (Wildman–Crippen LogP) is 1.26. The van der Waals surface area contributed by atoms with Gasteiger partial charge in [0.1, 0.15) is 0 Å². The fourth-order valence-electron chi connectivity index (χ4n) is 0.967. The highest BCUT2D eigenvalue weighted by atomic mass is 16.1. The molecule has 0 saturated carbocycles. The van der Waals surface area contributed by atoms with Gasteiger partial charge in [-0.15, -0.1) is 0 Å². The van der Waals surface area contributed by atoms with Crippen LogP contribution in [0.15, 0.2) is 36.5 Å². The standard InChI is InChI=1S/C12H20N2O/c1-12(8-6-9-13-2)7-4-3-5-10-14-11-15/h3-8,11-13H,9-10H2,1-2H3,(H,14,15)/b5-3-,7-4-,8-6+. The molecule has 0 aromatic heterocycles. The number of carbonyl (C=O) groups excluding carboxylic acids is 1. The Kier molecular flexibility index (Phi) is 9.76. The lowest BCUT2D eigenvalue weighted by Gasteiger charge is -1.96. The zero-order valence-corrected chi connectivity index (χ0v) is 9.44. The van der Waals surface area contributed by atoms with E-state index in [2.05, 4.69) is 35.8 Å². The van der Waals surface area contributed by atoms with E-state index in [0.29, 0.717) is 18.9 Å². The number of allylic oxidation sites excluding steroid dienone is 4. The van der Waals surface area contributed by atoms with Crippen LogP contribution in [0.25, 0.3) is 0 Å². The minimum Gasteiger partial charge on any atom is -0.355 e. The van der Waals surface area contributed by atoms with Gasteiger partial charge in [-0.25, -0.2) is 0 Å². The molecule has 1 amide bonds. The molecular weight excluding hydrogens is 188 g/mol. The molecule has 0 aliphatic carbocycles. The Hall–Kier alpha value is -1.35. The molecule has 84 valence electrons. The molecule has 0 aromatic rings. The average Bonchev–Trinajstić information content (AvgIpc) is 2.23. The quantitative estimate of drug-likeness (QED) is 0.273. The van der Waals surface area contributed by atoms with Crippen molar-refractivity contribution in [2.45, 2.75) is 6.92 Å². The van der Waals surface area contributed by atoms with Crippen LogP contribution in [-0.4, -0.2) is 26.5 Å². The van der Waals surface area contributed by atoms with Gasteiger partial charge < -0.3 is 10.6 Å². The van der Waals surface area contributed by atoms with Gasteiger partial charge in [-0.2, -0.15) is 0 Å². The Labute approximate surface area is 91.9 Å². The van der Waals surface area contributed by atoms with E-state index >= 15 is 0 Å². The first-order valence-electron chi connectivity index (χ1n) is 5.13. The summed E-state index contributed by atoms with van der Waals surface area (Å²) in [6.45, 7) is 3.61. The van der Waals surface area contributed by atoms with Crippen LogP contribution in [0.5, 0.6) is 0 Å². The summed E-state index contributed by atoms with van der Waals surface area (Å²) in [5.74, 6) is 0.432. The summed E-state index contributed by atoms with van der Waals surface area (Å²) >= 11 is 0. The first kappa shape index (κ1) is 13.7. The first-order valence-corrected chi connectivity index (χ1v) is 5.13. The molecule has 0 aliphatic heterocycles. The molecule has 3 heteroatoms. The number of carbonyl (C=O) groups is 1. The molecule has 0 heterocycles. The van der Waals surface area contributed by atoms with Crippen molar-refractivity contribution in [1.82, 2.24) is 10.6 Å². The van der Waals surface area contributed by atoms with Gasteiger partial charge in [0.15, 0.2) is 0 Å². The fourth-order valence-corrected chi connectivity index (χ4v) is 0.967. The van der Waals surface area contributed by atoms with Crippen LogP contribution in [0.2, 0.25) is 0 Å². The molecule has 3 nitrogen and oxygen atoms in total. The molecule has 1 unspecified atom stereocenters. The third kappa shape index (κ3) is 10.6. The first-order chi connectivity index (χ1) is 7.31. The maximum Gasteiger partial charge on any atom is 0.207 e. The molecular formula is C12H20N2O. The van der Waals surface area contributed by atoms with Gasteiger partial charge in [0, 0.05) is 13.1 Å². The van der Waals surface area contributed by atoms with Crippen LogP contribution < -0.4 is 10.6 Å². The molecule has 0 radical (unpaired) electrons. The Morgan fingerprint density at radius 2 is 1.93 bits per heavy atom. The van der Waals surface area contributed by atoms with Crippen molar-refractivity contribution in [3.8, 4) is 0 Å². The number of nitrogens with one attached hydrogen (secondary N) is 2. The highest BCUT2D eigenvalue weighted by molar-refractivity contribution is 5.46. The van der Waals surface area contributed by atoms with Gasteiger partial charge in [0.2, 0.25) is 6.41 Å². The Bertz CT molecular complexity index is 232. The van der Waals surface area contributed by atoms with Crippen molar-refractivity contribution in [3.63, 3.8) is 0 Å². The molecule has 0 aromatic carbocycles. The lowest BCUT2D eigenvalue weighted by Crippen LogP contribution is -2.09. The summed E-state index contributed by atoms with van der Waals surface area (Å²) in [4.78, 5) is 9.91. The highest BCUT2D eigenvalue weighted by Crippen LogP contribution is 1.98. The second-order valence-electron chi connectivity index (χ2n) is 3.18. The van der Waals surface area contributed by atoms with E-state index in [1.807, 2.05) is 25.3 Å². The largest absolute Gasteiger partial charge is 0.355 e. The van der Waals surface area contributed by atoms with Crippen molar-refractivity contribution >= 4 is 6.41 Å². The number of rotatable bonds is 8. The van der Waals surface area contributed by atoms with Crippen molar-refractivity contribution in [2.75, 3.05) is 20.1 Å². The topological polar surface area (TPSA) is 41.1 Å². The third-order valence-electron chi connectivity index (χ3n) is 1.74. The van der Waals surface area contributed by atoms with Crippen LogP contribution in [0, 0.1) is 5.92 Å². The van der Waals surface area contributed by atoms with E-state index in [4.69, 9.17) is 0 Å². The fraction of sp³-hybridized carbons (Fsp3) is 0.417. The van der Waals surface area contributed by atoms with Gasteiger partial charge in [-0.05, 0) is 13.0 Å². The molecule has 0 saturated heterocycles. The summed E-state index contributed by atoms with van der Waals surface area (Å²) in [7, 11) is 1.92. The SMILES string of the molecule is CNC/C=C/C(C)/C=C\C=C/CNC=O. The smallest absolute Gasteiger partial charge is 0.207 e. The summed E-state index contributed by atoms with van der Waals surface area (Å²) in [5.41, 5.74) is 0. The van der Waals surface area contributed by atoms with E-state index in [0.717, 1.165) is 6.54 Å². The number of likely N-dealkylation sites (N-methyl/N-ethyl adjacent to an activating group) is 1. The van der Waals surface area contributed by atoms with E-state index in [1.54, 1.807) is 0 Å². The normalized spacial score (nSPS) is 14.0. The van der Waals surface area contributed by atoms with Crippen LogP contribution in [-0.2, 0) is 4.79 Å². The molecule has 1 atom stereocenters. The minimum atomic E-state index is 0.432. The number of hydrogen-bond acceptors (Lipinski definition) is 2. The molecule has 2 N–H and O–H groups in total. The van der Waals surface area contributed by atoms with Gasteiger partial charge in [-0.1, -0.05) is 43.4 Å². The lowest BCUT2D eigenvalue weighted by molar-refractivity contribution is -0.109. The Morgan fingerprint density at radius 3 is 2.60 bits per heavy atom. The van der Waals surface area contributed by atoms with Gasteiger partial charge in [-0.3, -0.25) is 4.79 Å². The second kappa shape index (κ2) is 10.7. The minimum absolute atomic E-state index is 0.432. The molecule has 15 heavy (non-hydrogen) atoms. The van der Waals surface area contributed by atoms with Crippen LogP contribution in [0.1, 0.15) is 6.92 Å². The number of amides is 1. The second-order valence-corrected chi connectivity index (χ2v) is 3.18. The van der Waals surface area contributed by atoms with E-state index in [9.17, 15) is 4.79 Å². The highest BCUT2D eigenvalue weighted by Gasteiger charge is 1.86. The molecule has 0 fully saturated rings. The maximum atomic E-state index is 9.91. The average molecular weight is 208 g/mol. The van der Waals surface area contributed by atoms with E-state index < -0.39 is 0 Å². The van der Waals surface area contributed by atoms with Crippen molar-refractivity contribution < 1.29 is 4.79 Å². The van der Waals surface area contributed by atoms with Crippen molar-refractivity contribution in [3.05, 3.63) is 36.5 Å². The van der Waals surface area contributed by atoms with Gasteiger partial charge >= 0.3 is 0 Å². The molecule has 0 spiro atoms.